The van der Waals surface area contributed by atoms with Crippen LogP contribution >= 0.6 is 11.6 Å². The van der Waals surface area contributed by atoms with Crippen molar-refractivity contribution in [3.8, 4) is 0 Å². The highest BCUT2D eigenvalue weighted by Crippen LogP contribution is 2.35. The zero-order chi connectivity index (χ0) is 14.7. The monoisotopic (exact) mass is 307 g/mol. The third kappa shape index (κ3) is 3.80. The predicted octanol–water partition coefficient (Wildman–Crippen LogP) is 4.42. The first-order valence-electron chi connectivity index (χ1n) is 8.41. The molecule has 116 valence electrons. The fourth-order valence-corrected chi connectivity index (χ4v) is 4.37. The van der Waals surface area contributed by atoms with Gasteiger partial charge in [0, 0.05) is 17.6 Å². The molecule has 3 heteroatoms. The Hall–Kier alpha value is -0.570. The molecule has 0 radical (unpaired) electrons. The summed E-state index contributed by atoms with van der Waals surface area (Å²) in [5, 5.41) is 11.1. The van der Waals surface area contributed by atoms with E-state index in [1.165, 1.54) is 45.1 Å². The average molecular weight is 308 g/mol. The lowest BCUT2D eigenvalue weighted by molar-refractivity contribution is 0.0456. The van der Waals surface area contributed by atoms with E-state index in [2.05, 4.69) is 4.90 Å². The molecule has 21 heavy (non-hydrogen) atoms. The van der Waals surface area contributed by atoms with Crippen LogP contribution in [0.5, 0.6) is 0 Å². The van der Waals surface area contributed by atoms with Crippen LogP contribution in [0.1, 0.15) is 56.6 Å². The molecule has 3 rings (SSSR count). The number of piperidine rings is 1. The van der Waals surface area contributed by atoms with Crippen LogP contribution in [-0.4, -0.2) is 29.1 Å². The van der Waals surface area contributed by atoms with E-state index in [4.69, 9.17) is 11.6 Å². The van der Waals surface area contributed by atoms with Gasteiger partial charge in [-0.05, 0) is 62.3 Å². The summed E-state index contributed by atoms with van der Waals surface area (Å²) in [6.07, 6.45) is 8.73. The van der Waals surface area contributed by atoms with Crippen molar-refractivity contribution in [3.05, 3.63) is 34.9 Å². The first-order chi connectivity index (χ1) is 10.2. The number of rotatable bonds is 4. The largest absolute Gasteiger partial charge is 0.388 e. The molecule has 1 saturated heterocycles. The highest BCUT2D eigenvalue weighted by molar-refractivity contribution is 6.30. The predicted molar refractivity (Wildman–Crippen MR) is 87.6 cm³/mol. The lowest BCUT2D eigenvalue weighted by atomic mass is 9.78. The van der Waals surface area contributed by atoms with Gasteiger partial charge >= 0.3 is 0 Å². The molecular weight excluding hydrogens is 282 g/mol. The number of likely N-dealkylation sites (tertiary alicyclic amines) is 1. The van der Waals surface area contributed by atoms with Gasteiger partial charge in [-0.2, -0.15) is 0 Å². The fourth-order valence-electron chi connectivity index (χ4n) is 4.17. The van der Waals surface area contributed by atoms with Crippen LogP contribution < -0.4 is 0 Å². The van der Waals surface area contributed by atoms with Gasteiger partial charge in [0.2, 0.25) is 0 Å². The zero-order valence-corrected chi connectivity index (χ0v) is 13.4. The van der Waals surface area contributed by atoms with E-state index in [1.54, 1.807) is 0 Å². The number of nitrogens with zero attached hydrogens (tertiary/aromatic N) is 1. The summed E-state index contributed by atoms with van der Waals surface area (Å²) in [6.45, 7) is 2.22. The number of halogens is 1. The third-order valence-electron chi connectivity index (χ3n) is 5.28. The molecule has 2 nitrogen and oxygen atoms in total. The maximum atomic E-state index is 10.4. The molecule has 0 aromatic heterocycles. The summed E-state index contributed by atoms with van der Waals surface area (Å²) < 4.78 is 0. The van der Waals surface area contributed by atoms with Crippen molar-refractivity contribution in [1.82, 2.24) is 4.90 Å². The van der Waals surface area contributed by atoms with Crippen molar-refractivity contribution < 1.29 is 5.11 Å². The van der Waals surface area contributed by atoms with Crippen LogP contribution in [0.3, 0.4) is 0 Å². The van der Waals surface area contributed by atoms with Gasteiger partial charge < -0.3 is 10.0 Å². The van der Waals surface area contributed by atoms with Gasteiger partial charge in [-0.1, -0.05) is 36.6 Å². The van der Waals surface area contributed by atoms with Gasteiger partial charge in [-0.3, -0.25) is 0 Å². The second-order valence-electron chi connectivity index (χ2n) is 6.65. The molecule has 1 N–H and O–H groups in total. The second kappa shape index (κ2) is 7.13. The molecule has 0 spiro atoms. The van der Waals surface area contributed by atoms with Gasteiger partial charge in [-0.25, -0.2) is 0 Å². The molecule has 0 amide bonds. The number of hydrogen-bond donors (Lipinski definition) is 1. The van der Waals surface area contributed by atoms with Crippen LogP contribution in [0.15, 0.2) is 24.3 Å². The zero-order valence-electron chi connectivity index (χ0n) is 12.7. The summed E-state index contributed by atoms with van der Waals surface area (Å²) >= 11 is 6.01. The third-order valence-corrected chi connectivity index (χ3v) is 5.52. The second-order valence-corrected chi connectivity index (χ2v) is 7.09. The van der Waals surface area contributed by atoms with E-state index in [0.29, 0.717) is 5.02 Å². The normalized spacial score (nSPS) is 28.1. The van der Waals surface area contributed by atoms with Crippen LogP contribution in [0.2, 0.25) is 5.02 Å². The molecule has 2 aliphatic rings. The Morgan fingerprint density at radius 3 is 2.86 bits per heavy atom. The Morgan fingerprint density at radius 1 is 1.19 bits per heavy atom. The molecule has 2 fully saturated rings. The highest BCUT2D eigenvalue weighted by atomic mass is 35.5. The Kier molecular flexibility index (Phi) is 5.20. The molecule has 1 aromatic rings. The maximum Gasteiger partial charge on any atom is 0.0802 e. The van der Waals surface area contributed by atoms with E-state index in [0.717, 1.165) is 30.5 Å². The summed E-state index contributed by atoms with van der Waals surface area (Å²) in [5.74, 6) is 0.913. The van der Waals surface area contributed by atoms with Gasteiger partial charge in [0.25, 0.3) is 0 Å². The van der Waals surface area contributed by atoms with Crippen molar-refractivity contribution in [1.29, 1.82) is 0 Å². The minimum Gasteiger partial charge on any atom is -0.388 e. The van der Waals surface area contributed by atoms with E-state index in [-0.39, 0.29) is 0 Å². The molecule has 1 aliphatic heterocycles. The molecular formula is C18H26ClNO. The fraction of sp³-hybridized carbons (Fsp3) is 0.667. The molecule has 0 bridgehead atoms. The molecule has 1 heterocycles. The van der Waals surface area contributed by atoms with Crippen LogP contribution in [-0.2, 0) is 0 Å². The molecule has 3 atom stereocenters. The van der Waals surface area contributed by atoms with E-state index in [1.807, 2.05) is 24.3 Å². The highest BCUT2D eigenvalue weighted by Gasteiger charge is 2.32. The van der Waals surface area contributed by atoms with Crippen molar-refractivity contribution in [2.75, 3.05) is 13.1 Å². The number of benzene rings is 1. The first-order valence-corrected chi connectivity index (χ1v) is 8.79. The van der Waals surface area contributed by atoms with Crippen molar-refractivity contribution in [2.45, 2.75) is 57.1 Å². The SMILES string of the molecule is OC(CCN1CCCC2CCCCC21)c1cccc(Cl)c1. The smallest absolute Gasteiger partial charge is 0.0802 e. The number of aliphatic hydroxyl groups excluding tert-OH is 1. The maximum absolute atomic E-state index is 10.4. The van der Waals surface area contributed by atoms with E-state index in [9.17, 15) is 5.11 Å². The minimum atomic E-state index is -0.396. The van der Waals surface area contributed by atoms with Gasteiger partial charge in [-0.15, -0.1) is 0 Å². The quantitative estimate of drug-likeness (QED) is 0.890. The standard InChI is InChI=1S/C18H26ClNO/c19-16-8-3-6-15(13-16)18(21)10-12-20-11-4-7-14-5-1-2-9-17(14)20/h3,6,8,13-14,17-18,21H,1-2,4-5,7,9-12H2. The number of hydrogen-bond acceptors (Lipinski definition) is 2. The number of fused-ring (bicyclic) bond motifs is 1. The van der Waals surface area contributed by atoms with Crippen LogP contribution in [0, 0.1) is 5.92 Å². The van der Waals surface area contributed by atoms with Crippen molar-refractivity contribution in [3.63, 3.8) is 0 Å². The Labute approximate surface area is 133 Å². The average Bonchev–Trinajstić information content (AvgIpc) is 2.52. The Balaban J connectivity index is 1.56. The lowest BCUT2D eigenvalue weighted by Crippen LogP contribution is -2.47. The Bertz CT molecular complexity index is 462. The lowest BCUT2D eigenvalue weighted by Gasteiger charge is -2.44. The summed E-state index contributed by atoms with van der Waals surface area (Å²) in [4.78, 5) is 2.64. The van der Waals surface area contributed by atoms with E-state index < -0.39 is 6.10 Å². The van der Waals surface area contributed by atoms with Crippen molar-refractivity contribution >= 4 is 11.6 Å². The Morgan fingerprint density at radius 2 is 2.00 bits per heavy atom. The van der Waals surface area contributed by atoms with Gasteiger partial charge in [0.15, 0.2) is 0 Å². The van der Waals surface area contributed by atoms with Crippen molar-refractivity contribution in [2.24, 2.45) is 5.92 Å². The summed E-state index contributed by atoms with van der Waals surface area (Å²) in [5.41, 5.74) is 0.944. The van der Waals surface area contributed by atoms with Crippen LogP contribution in [0.4, 0.5) is 0 Å². The summed E-state index contributed by atoms with van der Waals surface area (Å²) in [6, 6.07) is 8.40. The summed E-state index contributed by atoms with van der Waals surface area (Å²) in [7, 11) is 0. The molecule has 1 aromatic carbocycles. The van der Waals surface area contributed by atoms with Gasteiger partial charge in [0.1, 0.15) is 0 Å². The minimum absolute atomic E-state index is 0.396. The molecule has 1 aliphatic carbocycles. The van der Waals surface area contributed by atoms with Crippen LogP contribution in [0.25, 0.3) is 0 Å². The number of aliphatic hydroxyl groups is 1. The van der Waals surface area contributed by atoms with E-state index >= 15 is 0 Å². The topological polar surface area (TPSA) is 23.5 Å². The molecule has 1 saturated carbocycles. The molecule has 3 unspecified atom stereocenters. The first kappa shape index (κ1) is 15.3. The van der Waals surface area contributed by atoms with Gasteiger partial charge in [0.05, 0.1) is 6.10 Å².